The first-order chi connectivity index (χ1) is 13.3. The molecule has 28 heavy (non-hydrogen) atoms. The fourth-order valence-corrected chi connectivity index (χ4v) is 2.90. The van der Waals surface area contributed by atoms with E-state index in [-0.39, 0.29) is 11.6 Å². The van der Waals surface area contributed by atoms with Crippen molar-refractivity contribution in [1.82, 2.24) is 5.32 Å². The summed E-state index contributed by atoms with van der Waals surface area (Å²) in [5, 5.41) is 5.04. The summed E-state index contributed by atoms with van der Waals surface area (Å²) in [6.07, 6.45) is -4.25. The molecule has 8 heteroatoms. The van der Waals surface area contributed by atoms with E-state index in [4.69, 9.17) is 4.74 Å². The molecule has 0 radical (unpaired) electrons. The van der Waals surface area contributed by atoms with Crippen molar-refractivity contribution in [2.24, 2.45) is 11.8 Å². The minimum Gasteiger partial charge on any atom is -0.497 e. The molecule has 3 rings (SSSR count). The van der Waals surface area contributed by atoms with Gasteiger partial charge in [0, 0.05) is 6.54 Å². The molecule has 148 valence electrons. The van der Waals surface area contributed by atoms with E-state index in [1.807, 2.05) is 12.1 Å². The van der Waals surface area contributed by atoms with Crippen molar-refractivity contribution in [2.45, 2.75) is 19.1 Å². The molecule has 1 aliphatic rings. The van der Waals surface area contributed by atoms with Gasteiger partial charge in [0.15, 0.2) is 0 Å². The molecular weight excluding hydrogens is 373 g/mol. The third-order valence-electron chi connectivity index (χ3n) is 4.58. The summed E-state index contributed by atoms with van der Waals surface area (Å²) in [6, 6.07) is 11.9. The molecule has 0 aromatic heterocycles. The van der Waals surface area contributed by atoms with Crippen LogP contribution in [-0.4, -0.2) is 18.9 Å². The number of halogens is 3. The lowest BCUT2D eigenvalue weighted by atomic mass is 10.1. The third kappa shape index (κ3) is 4.62. The first-order valence-corrected chi connectivity index (χ1v) is 8.67. The van der Waals surface area contributed by atoms with Crippen molar-refractivity contribution in [2.75, 3.05) is 12.4 Å². The maximum atomic E-state index is 13.0. The number of methoxy groups -OCH3 is 1. The maximum absolute atomic E-state index is 13.0. The SMILES string of the molecule is COc1ccc(CNC(=O)C2CC2C(=O)Nc2ccccc2C(F)(F)F)cc1. The fraction of sp³-hybridized carbons (Fsp3) is 0.300. The third-order valence-corrected chi connectivity index (χ3v) is 4.58. The second-order valence-corrected chi connectivity index (χ2v) is 6.55. The number of hydrogen-bond acceptors (Lipinski definition) is 3. The number of rotatable bonds is 6. The second kappa shape index (κ2) is 7.92. The summed E-state index contributed by atoms with van der Waals surface area (Å²) in [4.78, 5) is 24.4. The van der Waals surface area contributed by atoms with Gasteiger partial charge >= 0.3 is 6.18 Å². The predicted molar refractivity (Wildman–Crippen MR) is 96.5 cm³/mol. The number of para-hydroxylation sites is 1. The van der Waals surface area contributed by atoms with Crippen LogP contribution in [0.2, 0.25) is 0 Å². The Balaban J connectivity index is 1.53. The molecule has 0 aliphatic heterocycles. The lowest BCUT2D eigenvalue weighted by molar-refractivity contribution is -0.137. The quantitative estimate of drug-likeness (QED) is 0.789. The van der Waals surface area contributed by atoms with Crippen molar-refractivity contribution >= 4 is 17.5 Å². The zero-order valence-corrected chi connectivity index (χ0v) is 15.0. The number of amides is 2. The Bertz CT molecular complexity index is 866. The van der Waals surface area contributed by atoms with E-state index in [9.17, 15) is 22.8 Å². The molecule has 0 spiro atoms. The van der Waals surface area contributed by atoms with Crippen LogP contribution in [0.4, 0.5) is 18.9 Å². The molecule has 1 saturated carbocycles. The number of benzene rings is 2. The van der Waals surface area contributed by atoms with Gasteiger partial charge in [0.2, 0.25) is 11.8 Å². The number of ether oxygens (including phenoxy) is 1. The Hall–Kier alpha value is -3.03. The molecule has 1 fully saturated rings. The number of carbonyl (C=O) groups is 2. The van der Waals surface area contributed by atoms with E-state index in [0.29, 0.717) is 18.7 Å². The lowest BCUT2D eigenvalue weighted by Gasteiger charge is -2.13. The Morgan fingerprint density at radius 2 is 1.68 bits per heavy atom. The minimum absolute atomic E-state index is 0.292. The smallest absolute Gasteiger partial charge is 0.418 e. The van der Waals surface area contributed by atoms with Crippen LogP contribution < -0.4 is 15.4 Å². The summed E-state index contributed by atoms with van der Waals surface area (Å²) in [5.74, 6) is -1.33. The van der Waals surface area contributed by atoms with Gasteiger partial charge in [0.1, 0.15) is 5.75 Å². The van der Waals surface area contributed by atoms with Gasteiger partial charge in [-0.2, -0.15) is 13.2 Å². The Labute approximate surface area is 159 Å². The van der Waals surface area contributed by atoms with Gasteiger partial charge in [0.25, 0.3) is 0 Å². The molecule has 2 atom stereocenters. The molecule has 5 nitrogen and oxygen atoms in total. The molecule has 2 N–H and O–H groups in total. The zero-order valence-electron chi connectivity index (χ0n) is 15.0. The van der Waals surface area contributed by atoms with Crippen LogP contribution in [0.15, 0.2) is 48.5 Å². The zero-order chi connectivity index (χ0) is 20.3. The topological polar surface area (TPSA) is 67.4 Å². The lowest BCUT2D eigenvalue weighted by Crippen LogP contribution is -2.27. The van der Waals surface area contributed by atoms with Gasteiger partial charge in [-0.3, -0.25) is 9.59 Å². The van der Waals surface area contributed by atoms with E-state index < -0.39 is 29.5 Å². The van der Waals surface area contributed by atoms with Crippen LogP contribution in [0.5, 0.6) is 5.75 Å². The average Bonchev–Trinajstić information content (AvgIpc) is 3.47. The number of hydrogen-bond donors (Lipinski definition) is 2. The monoisotopic (exact) mass is 392 g/mol. The van der Waals surface area contributed by atoms with Crippen LogP contribution in [0.25, 0.3) is 0 Å². The van der Waals surface area contributed by atoms with Crippen LogP contribution in [0.1, 0.15) is 17.5 Å². The van der Waals surface area contributed by atoms with Crippen LogP contribution in [0.3, 0.4) is 0 Å². The summed E-state index contributed by atoms with van der Waals surface area (Å²) in [7, 11) is 1.56. The van der Waals surface area contributed by atoms with E-state index in [1.54, 1.807) is 19.2 Å². The minimum atomic E-state index is -4.57. The summed E-state index contributed by atoms with van der Waals surface area (Å²) in [5.41, 5.74) is -0.344. The highest BCUT2D eigenvalue weighted by atomic mass is 19.4. The Morgan fingerprint density at radius 1 is 1.04 bits per heavy atom. The van der Waals surface area contributed by atoms with Crippen molar-refractivity contribution in [3.63, 3.8) is 0 Å². The first kappa shape index (κ1) is 19.7. The molecule has 0 bridgehead atoms. The van der Waals surface area contributed by atoms with Crippen molar-refractivity contribution < 1.29 is 27.5 Å². The molecule has 1 aliphatic carbocycles. The summed E-state index contributed by atoms with van der Waals surface area (Å²) in [6.45, 7) is 0.296. The molecule has 0 heterocycles. The largest absolute Gasteiger partial charge is 0.497 e. The molecular formula is C20H19F3N2O3. The number of alkyl halides is 3. The Morgan fingerprint density at radius 3 is 2.32 bits per heavy atom. The maximum Gasteiger partial charge on any atom is 0.418 e. The van der Waals surface area contributed by atoms with Gasteiger partial charge in [-0.15, -0.1) is 0 Å². The normalized spacial score (nSPS) is 18.3. The number of nitrogens with one attached hydrogen (secondary N) is 2. The predicted octanol–water partition coefficient (Wildman–Crippen LogP) is 3.61. The Kier molecular flexibility index (Phi) is 5.58. The van der Waals surface area contributed by atoms with Crippen LogP contribution in [0, 0.1) is 11.8 Å². The van der Waals surface area contributed by atoms with Crippen molar-refractivity contribution in [3.8, 4) is 5.75 Å². The number of carbonyl (C=O) groups excluding carboxylic acids is 2. The van der Waals surface area contributed by atoms with E-state index in [2.05, 4.69) is 10.6 Å². The highest BCUT2D eigenvalue weighted by Gasteiger charge is 2.48. The van der Waals surface area contributed by atoms with Crippen molar-refractivity contribution in [3.05, 3.63) is 59.7 Å². The first-order valence-electron chi connectivity index (χ1n) is 8.67. The standard InChI is InChI=1S/C20H19F3N2O3/c1-28-13-8-6-12(7-9-13)11-24-18(26)14-10-15(14)19(27)25-17-5-3-2-4-16(17)20(21,22)23/h2-9,14-15H,10-11H2,1H3,(H,24,26)(H,25,27). The molecule has 0 saturated heterocycles. The van der Waals surface area contributed by atoms with Crippen LogP contribution >= 0.6 is 0 Å². The highest BCUT2D eigenvalue weighted by molar-refractivity contribution is 6.00. The van der Waals surface area contributed by atoms with Gasteiger partial charge in [-0.1, -0.05) is 24.3 Å². The summed E-state index contributed by atoms with van der Waals surface area (Å²) >= 11 is 0. The number of anilines is 1. The van der Waals surface area contributed by atoms with Gasteiger partial charge < -0.3 is 15.4 Å². The van der Waals surface area contributed by atoms with E-state index in [0.717, 1.165) is 11.6 Å². The summed E-state index contributed by atoms with van der Waals surface area (Å²) < 4.78 is 44.1. The van der Waals surface area contributed by atoms with Gasteiger partial charge in [0.05, 0.1) is 30.2 Å². The van der Waals surface area contributed by atoms with Gasteiger partial charge in [-0.25, -0.2) is 0 Å². The fourth-order valence-electron chi connectivity index (χ4n) is 2.90. The molecule has 2 unspecified atom stereocenters. The molecule has 2 aromatic carbocycles. The van der Waals surface area contributed by atoms with Crippen LogP contribution in [-0.2, 0) is 22.3 Å². The van der Waals surface area contributed by atoms with Gasteiger partial charge in [-0.05, 0) is 36.2 Å². The molecule has 2 aromatic rings. The average molecular weight is 392 g/mol. The molecule has 2 amide bonds. The van der Waals surface area contributed by atoms with E-state index in [1.165, 1.54) is 18.2 Å². The highest BCUT2D eigenvalue weighted by Crippen LogP contribution is 2.41. The van der Waals surface area contributed by atoms with E-state index >= 15 is 0 Å². The van der Waals surface area contributed by atoms with Crippen molar-refractivity contribution in [1.29, 1.82) is 0 Å². The second-order valence-electron chi connectivity index (χ2n) is 6.55.